The van der Waals surface area contributed by atoms with Crippen molar-refractivity contribution < 1.29 is 9.18 Å². The molecule has 3 rings (SSSR count). The molecule has 1 aliphatic rings. The summed E-state index contributed by atoms with van der Waals surface area (Å²) in [6, 6.07) is 4.11. The molecule has 0 bridgehead atoms. The Kier molecular flexibility index (Phi) is 5.63. The van der Waals surface area contributed by atoms with E-state index in [9.17, 15) is 9.18 Å². The molecule has 1 fully saturated rings. The number of nitrogens with zero attached hydrogens (tertiary/aromatic N) is 2. The first kappa shape index (κ1) is 17.5. The Morgan fingerprint density at radius 2 is 2.17 bits per heavy atom. The highest BCUT2D eigenvalue weighted by Gasteiger charge is 2.17. The van der Waals surface area contributed by atoms with Crippen LogP contribution in [-0.2, 0) is 6.54 Å². The molecule has 0 aliphatic carbocycles. The molecule has 7 heteroatoms. The molecule has 1 amide bonds. The van der Waals surface area contributed by atoms with E-state index in [4.69, 9.17) is 0 Å². The van der Waals surface area contributed by atoms with Crippen LogP contribution in [0.15, 0.2) is 28.1 Å². The van der Waals surface area contributed by atoms with E-state index >= 15 is 0 Å². The van der Waals surface area contributed by atoms with Crippen LogP contribution in [0.1, 0.15) is 35.8 Å². The van der Waals surface area contributed by atoms with Crippen molar-refractivity contribution in [1.82, 2.24) is 9.88 Å². The molecule has 1 aliphatic heterocycles. The number of halogens is 2. The van der Waals surface area contributed by atoms with Gasteiger partial charge in [-0.2, -0.15) is 0 Å². The Morgan fingerprint density at radius 3 is 2.88 bits per heavy atom. The molecular weight excluding hydrogens is 393 g/mol. The maximum atomic E-state index is 13.4. The number of hydrogen-bond acceptors (Lipinski definition) is 4. The molecule has 1 aromatic heterocycles. The van der Waals surface area contributed by atoms with Crippen LogP contribution in [0, 0.1) is 11.7 Å². The van der Waals surface area contributed by atoms with Crippen molar-refractivity contribution in [2.45, 2.75) is 26.3 Å². The zero-order chi connectivity index (χ0) is 17.1. The molecule has 0 spiro atoms. The number of benzene rings is 1. The van der Waals surface area contributed by atoms with Crippen LogP contribution in [0.25, 0.3) is 0 Å². The van der Waals surface area contributed by atoms with Crippen LogP contribution in [-0.4, -0.2) is 28.9 Å². The van der Waals surface area contributed by atoms with Crippen molar-refractivity contribution in [1.29, 1.82) is 0 Å². The van der Waals surface area contributed by atoms with Crippen LogP contribution in [0.2, 0.25) is 0 Å². The van der Waals surface area contributed by atoms with E-state index in [0.29, 0.717) is 9.60 Å². The van der Waals surface area contributed by atoms with Gasteiger partial charge in [0.05, 0.1) is 5.69 Å². The van der Waals surface area contributed by atoms with Crippen LogP contribution in [0.5, 0.6) is 0 Å². The Morgan fingerprint density at radius 1 is 1.42 bits per heavy atom. The quantitative estimate of drug-likeness (QED) is 0.803. The van der Waals surface area contributed by atoms with Crippen molar-refractivity contribution in [3.63, 3.8) is 0 Å². The number of carbonyl (C=O) groups excluding carboxylic acids is 1. The molecule has 128 valence electrons. The number of anilines is 1. The second-order valence-electron chi connectivity index (χ2n) is 6.21. The first-order valence-corrected chi connectivity index (χ1v) is 9.61. The van der Waals surface area contributed by atoms with Gasteiger partial charge >= 0.3 is 0 Å². The summed E-state index contributed by atoms with van der Waals surface area (Å²) in [5.74, 6) is -0.00583. The van der Waals surface area contributed by atoms with Gasteiger partial charge in [0.25, 0.3) is 5.91 Å². The third-order valence-electron chi connectivity index (χ3n) is 4.16. The molecule has 0 atom stereocenters. The van der Waals surface area contributed by atoms with E-state index in [1.807, 2.05) is 5.38 Å². The van der Waals surface area contributed by atoms with Crippen molar-refractivity contribution in [2.75, 3.05) is 18.4 Å². The van der Waals surface area contributed by atoms with Crippen molar-refractivity contribution in [3.05, 3.63) is 45.1 Å². The highest BCUT2D eigenvalue weighted by molar-refractivity contribution is 9.10. The Balaban J connectivity index is 1.60. The van der Waals surface area contributed by atoms with E-state index < -0.39 is 5.82 Å². The van der Waals surface area contributed by atoms with Gasteiger partial charge in [-0.3, -0.25) is 15.0 Å². The van der Waals surface area contributed by atoms with Gasteiger partial charge in [-0.25, -0.2) is 9.37 Å². The molecular formula is C17H19BrFN3OS. The number of aromatic nitrogens is 1. The number of likely N-dealkylation sites (tertiary alicyclic amines) is 1. The van der Waals surface area contributed by atoms with Crippen LogP contribution in [0.3, 0.4) is 0 Å². The largest absolute Gasteiger partial charge is 0.298 e. The van der Waals surface area contributed by atoms with Gasteiger partial charge < -0.3 is 0 Å². The predicted octanol–water partition coefficient (Wildman–Crippen LogP) is 4.53. The summed E-state index contributed by atoms with van der Waals surface area (Å²) in [6.07, 6.45) is 2.45. The lowest BCUT2D eigenvalue weighted by molar-refractivity contribution is 0.102. The second kappa shape index (κ2) is 7.72. The number of rotatable bonds is 4. The minimum Gasteiger partial charge on any atom is -0.298 e. The zero-order valence-corrected chi connectivity index (χ0v) is 15.8. The third-order valence-corrected chi connectivity index (χ3v) is 5.42. The van der Waals surface area contributed by atoms with E-state index in [1.165, 1.54) is 36.3 Å². The van der Waals surface area contributed by atoms with Crippen molar-refractivity contribution >= 4 is 38.3 Å². The minimum absolute atomic E-state index is 0.267. The summed E-state index contributed by atoms with van der Waals surface area (Å²) in [5.41, 5.74) is 1.23. The molecule has 1 N–H and O–H groups in total. The van der Waals surface area contributed by atoms with Gasteiger partial charge in [0.15, 0.2) is 5.13 Å². The lowest BCUT2D eigenvalue weighted by atomic mass is 9.99. The number of nitrogens with one attached hydrogen (secondary N) is 1. The van der Waals surface area contributed by atoms with Crippen molar-refractivity contribution in [3.8, 4) is 0 Å². The number of thiazole rings is 1. The molecule has 24 heavy (non-hydrogen) atoms. The van der Waals surface area contributed by atoms with Gasteiger partial charge in [0.2, 0.25) is 0 Å². The molecule has 0 saturated carbocycles. The highest BCUT2D eigenvalue weighted by atomic mass is 79.9. The first-order valence-electron chi connectivity index (χ1n) is 7.94. The van der Waals surface area contributed by atoms with Gasteiger partial charge in [-0.15, -0.1) is 11.3 Å². The Hall–Kier alpha value is -1.31. The van der Waals surface area contributed by atoms with Gasteiger partial charge in [0, 0.05) is 22.0 Å². The molecule has 0 radical (unpaired) electrons. The minimum atomic E-state index is -0.450. The number of amides is 1. The topological polar surface area (TPSA) is 45.2 Å². The number of piperidine rings is 1. The standard InChI is InChI=1S/C17H19BrFN3OS/c1-11-2-4-22(5-3-11)9-15-10-24-17(20-15)21-16(23)12-6-13(18)8-14(19)7-12/h6-8,10-11H,2-5,9H2,1H3,(H,20,21,23). The van der Waals surface area contributed by atoms with E-state index in [1.54, 1.807) is 6.07 Å². The van der Waals surface area contributed by atoms with E-state index in [0.717, 1.165) is 31.2 Å². The molecule has 0 unspecified atom stereocenters. The average molecular weight is 412 g/mol. The molecule has 1 aromatic carbocycles. The highest BCUT2D eigenvalue weighted by Crippen LogP contribution is 2.22. The average Bonchev–Trinajstić information content (AvgIpc) is 2.95. The molecule has 1 saturated heterocycles. The normalized spacial score (nSPS) is 16.3. The fourth-order valence-corrected chi connectivity index (χ4v) is 3.90. The van der Waals surface area contributed by atoms with Gasteiger partial charge in [-0.05, 0) is 50.0 Å². The van der Waals surface area contributed by atoms with Gasteiger partial charge in [0.1, 0.15) is 5.82 Å². The Bertz CT molecular complexity index is 708. The van der Waals surface area contributed by atoms with Crippen LogP contribution < -0.4 is 5.32 Å². The summed E-state index contributed by atoms with van der Waals surface area (Å²) in [5, 5.41) is 5.25. The fraction of sp³-hybridized carbons (Fsp3) is 0.412. The van der Waals surface area contributed by atoms with Crippen LogP contribution in [0.4, 0.5) is 9.52 Å². The third kappa shape index (κ3) is 4.62. The van der Waals surface area contributed by atoms with Crippen LogP contribution >= 0.6 is 27.3 Å². The maximum absolute atomic E-state index is 13.4. The monoisotopic (exact) mass is 411 g/mol. The lowest BCUT2D eigenvalue weighted by Crippen LogP contribution is -2.32. The molecule has 4 nitrogen and oxygen atoms in total. The van der Waals surface area contributed by atoms with E-state index in [2.05, 4.69) is 38.1 Å². The first-order chi connectivity index (χ1) is 11.5. The molecule has 2 heterocycles. The summed E-state index contributed by atoms with van der Waals surface area (Å²) in [7, 11) is 0. The lowest BCUT2D eigenvalue weighted by Gasteiger charge is -2.29. The number of carbonyl (C=O) groups is 1. The van der Waals surface area contributed by atoms with Gasteiger partial charge in [-0.1, -0.05) is 22.9 Å². The second-order valence-corrected chi connectivity index (χ2v) is 7.99. The smallest absolute Gasteiger partial charge is 0.257 e. The predicted molar refractivity (Wildman–Crippen MR) is 97.8 cm³/mol. The zero-order valence-electron chi connectivity index (χ0n) is 13.4. The SMILES string of the molecule is CC1CCN(Cc2csc(NC(=O)c3cc(F)cc(Br)c3)n2)CC1. The summed E-state index contributed by atoms with van der Waals surface area (Å²) >= 11 is 4.59. The molecule has 2 aromatic rings. The fourth-order valence-electron chi connectivity index (χ4n) is 2.74. The summed E-state index contributed by atoms with van der Waals surface area (Å²) in [6.45, 7) is 5.29. The maximum Gasteiger partial charge on any atom is 0.257 e. The summed E-state index contributed by atoms with van der Waals surface area (Å²) in [4.78, 5) is 19.1. The van der Waals surface area contributed by atoms with Crippen molar-refractivity contribution in [2.24, 2.45) is 5.92 Å². The summed E-state index contributed by atoms with van der Waals surface area (Å²) < 4.78 is 13.9. The number of hydrogen-bond donors (Lipinski definition) is 1. The van der Waals surface area contributed by atoms with E-state index in [-0.39, 0.29) is 11.5 Å². The Labute approximate surface area is 153 Å².